The zero-order valence-electron chi connectivity index (χ0n) is 13.8. The number of benzene rings is 1. The van der Waals surface area contributed by atoms with Gasteiger partial charge in [0.2, 0.25) is 0 Å². The lowest BCUT2D eigenvalue weighted by Crippen LogP contribution is -2.43. The number of amides is 1. The molecular formula is C17H18FN3O3S. The maximum atomic E-state index is 13.9. The highest BCUT2D eigenvalue weighted by atomic mass is 32.1. The Kier molecular flexibility index (Phi) is 5.37. The summed E-state index contributed by atoms with van der Waals surface area (Å²) >= 11 is 1.32. The average molecular weight is 363 g/mol. The number of hydrogen-bond acceptors (Lipinski definition) is 6. The summed E-state index contributed by atoms with van der Waals surface area (Å²) in [5, 5.41) is 9.54. The second-order valence-electron chi connectivity index (χ2n) is 5.74. The number of piperidine rings is 1. The molecule has 1 atom stereocenters. The molecule has 3 rings (SSSR count). The summed E-state index contributed by atoms with van der Waals surface area (Å²) in [6.45, 7) is 2.75. The molecule has 1 saturated heterocycles. The van der Waals surface area contributed by atoms with Gasteiger partial charge in [0.25, 0.3) is 0 Å². The van der Waals surface area contributed by atoms with E-state index in [1.165, 1.54) is 22.3 Å². The van der Waals surface area contributed by atoms with Crippen molar-refractivity contribution in [2.45, 2.75) is 25.7 Å². The Hall–Kier alpha value is -2.35. The number of ether oxygens (including phenoxy) is 1. The molecule has 0 bridgehead atoms. The van der Waals surface area contributed by atoms with Crippen molar-refractivity contribution in [1.82, 2.24) is 15.1 Å². The van der Waals surface area contributed by atoms with Crippen molar-refractivity contribution in [2.75, 3.05) is 19.7 Å². The van der Waals surface area contributed by atoms with Gasteiger partial charge in [-0.15, -0.1) is 10.2 Å². The van der Waals surface area contributed by atoms with Crippen LogP contribution in [0, 0.1) is 5.82 Å². The second-order valence-corrected chi connectivity index (χ2v) is 6.75. The fraction of sp³-hybridized carbons (Fsp3) is 0.412. The van der Waals surface area contributed by atoms with Gasteiger partial charge in [-0.05, 0) is 31.9 Å². The van der Waals surface area contributed by atoms with E-state index in [2.05, 4.69) is 10.2 Å². The zero-order valence-corrected chi connectivity index (χ0v) is 14.6. The van der Waals surface area contributed by atoms with Crippen LogP contribution < -0.4 is 0 Å². The van der Waals surface area contributed by atoms with Crippen molar-refractivity contribution in [3.8, 4) is 10.6 Å². The van der Waals surface area contributed by atoms with E-state index in [1.807, 2.05) is 0 Å². The Bertz CT molecular complexity index is 780. The van der Waals surface area contributed by atoms with Crippen LogP contribution in [0.5, 0.6) is 0 Å². The lowest BCUT2D eigenvalue weighted by atomic mass is 9.99. The number of aromatic nitrogens is 2. The standard InChI is InChI=1S/C17H18FN3O3S/c1-2-24-17(23)16(22)21-9-5-6-11(10-21)14-19-20-15(25-14)12-7-3-4-8-13(12)18/h3-4,7-8,11H,2,5-6,9-10H2,1H3. The number of hydrogen-bond donors (Lipinski definition) is 0. The van der Waals surface area contributed by atoms with Crippen molar-refractivity contribution in [3.63, 3.8) is 0 Å². The quantitative estimate of drug-likeness (QED) is 0.619. The number of esters is 1. The molecule has 1 amide bonds. The molecular weight excluding hydrogens is 345 g/mol. The van der Waals surface area contributed by atoms with Crippen LogP contribution in [0.1, 0.15) is 30.7 Å². The summed E-state index contributed by atoms with van der Waals surface area (Å²) in [5.41, 5.74) is 0.418. The molecule has 25 heavy (non-hydrogen) atoms. The first-order valence-electron chi connectivity index (χ1n) is 8.14. The Morgan fingerprint density at radius 2 is 2.16 bits per heavy atom. The topological polar surface area (TPSA) is 72.4 Å². The summed E-state index contributed by atoms with van der Waals surface area (Å²) in [7, 11) is 0. The van der Waals surface area contributed by atoms with Crippen LogP contribution in [0.25, 0.3) is 10.6 Å². The maximum absolute atomic E-state index is 13.9. The number of carbonyl (C=O) groups is 2. The molecule has 1 aliphatic heterocycles. The normalized spacial score (nSPS) is 17.4. The van der Waals surface area contributed by atoms with Crippen LogP contribution in [0.2, 0.25) is 0 Å². The molecule has 0 aliphatic carbocycles. The van der Waals surface area contributed by atoms with Gasteiger partial charge in [-0.25, -0.2) is 9.18 Å². The molecule has 1 aromatic heterocycles. The molecule has 0 N–H and O–H groups in total. The van der Waals surface area contributed by atoms with E-state index in [0.29, 0.717) is 23.7 Å². The fourth-order valence-corrected chi connectivity index (χ4v) is 3.82. The lowest BCUT2D eigenvalue weighted by Gasteiger charge is -2.30. The smallest absolute Gasteiger partial charge is 0.397 e. The Morgan fingerprint density at radius 1 is 1.36 bits per heavy atom. The highest BCUT2D eigenvalue weighted by molar-refractivity contribution is 7.14. The van der Waals surface area contributed by atoms with Crippen molar-refractivity contribution in [2.24, 2.45) is 0 Å². The summed E-state index contributed by atoms with van der Waals surface area (Å²) in [5.74, 6) is -1.80. The van der Waals surface area contributed by atoms with E-state index in [9.17, 15) is 14.0 Å². The first-order chi connectivity index (χ1) is 12.1. The largest absolute Gasteiger partial charge is 0.459 e. The van der Waals surface area contributed by atoms with Crippen LogP contribution in [0.3, 0.4) is 0 Å². The molecule has 2 heterocycles. The van der Waals surface area contributed by atoms with Crippen molar-refractivity contribution in [1.29, 1.82) is 0 Å². The van der Waals surface area contributed by atoms with Gasteiger partial charge in [-0.3, -0.25) is 4.79 Å². The summed E-state index contributed by atoms with van der Waals surface area (Å²) in [6, 6.07) is 6.43. The molecule has 2 aromatic rings. The van der Waals surface area contributed by atoms with Crippen molar-refractivity contribution < 1.29 is 18.7 Å². The second kappa shape index (κ2) is 7.69. The number of nitrogens with zero attached hydrogens (tertiary/aromatic N) is 3. The van der Waals surface area contributed by atoms with Gasteiger partial charge in [0.05, 0.1) is 6.61 Å². The number of rotatable bonds is 3. The molecule has 1 aliphatic rings. The average Bonchev–Trinajstić information content (AvgIpc) is 3.11. The number of halogens is 1. The van der Waals surface area contributed by atoms with Crippen LogP contribution in [-0.4, -0.2) is 46.7 Å². The molecule has 1 aromatic carbocycles. The van der Waals surface area contributed by atoms with E-state index in [-0.39, 0.29) is 18.3 Å². The molecule has 0 saturated carbocycles. The van der Waals surface area contributed by atoms with Gasteiger partial charge in [0.1, 0.15) is 10.8 Å². The van der Waals surface area contributed by atoms with Gasteiger partial charge < -0.3 is 9.64 Å². The molecule has 1 fully saturated rings. The van der Waals surface area contributed by atoms with Crippen molar-refractivity contribution >= 4 is 23.2 Å². The minimum absolute atomic E-state index is 0.00912. The number of likely N-dealkylation sites (tertiary alicyclic amines) is 1. The molecule has 0 spiro atoms. The summed E-state index contributed by atoms with van der Waals surface area (Å²) < 4.78 is 18.7. The third-order valence-electron chi connectivity index (χ3n) is 4.05. The minimum Gasteiger partial charge on any atom is -0.459 e. The monoisotopic (exact) mass is 363 g/mol. The van der Waals surface area contributed by atoms with Gasteiger partial charge in [0, 0.05) is 24.6 Å². The first kappa shape index (κ1) is 17.5. The first-order valence-corrected chi connectivity index (χ1v) is 8.96. The van der Waals surface area contributed by atoms with E-state index < -0.39 is 11.9 Å². The Labute approximate surface area is 148 Å². The SMILES string of the molecule is CCOC(=O)C(=O)N1CCCC(c2nnc(-c3ccccc3F)s2)C1. The van der Waals surface area contributed by atoms with E-state index in [1.54, 1.807) is 25.1 Å². The zero-order chi connectivity index (χ0) is 17.8. The van der Waals surface area contributed by atoms with E-state index in [4.69, 9.17) is 4.74 Å². The van der Waals surface area contributed by atoms with Crippen molar-refractivity contribution in [3.05, 3.63) is 35.1 Å². The van der Waals surface area contributed by atoms with Gasteiger partial charge in [-0.1, -0.05) is 23.5 Å². The van der Waals surface area contributed by atoms with Gasteiger partial charge >= 0.3 is 11.9 Å². The summed E-state index contributed by atoms with van der Waals surface area (Å²) in [4.78, 5) is 25.2. The minimum atomic E-state index is -0.826. The molecule has 132 valence electrons. The van der Waals surface area contributed by atoms with Crippen LogP contribution >= 0.6 is 11.3 Å². The highest BCUT2D eigenvalue weighted by Gasteiger charge is 2.31. The van der Waals surface area contributed by atoms with E-state index in [0.717, 1.165) is 17.8 Å². The van der Waals surface area contributed by atoms with Gasteiger partial charge in [0.15, 0.2) is 5.01 Å². The van der Waals surface area contributed by atoms with Crippen LogP contribution in [-0.2, 0) is 14.3 Å². The third-order valence-corrected chi connectivity index (χ3v) is 5.17. The molecule has 6 nitrogen and oxygen atoms in total. The predicted molar refractivity (Wildman–Crippen MR) is 90.5 cm³/mol. The molecule has 8 heteroatoms. The summed E-state index contributed by atoms with van der Waals surface area (Å²) in [6.07, 6.45) is 1.61. The Morgan fingerprint density at radius 3 is 2.92 bits per heavy atom. The third kappa shape index (κ3) is 3.84. The number of carbonyl (C=O) groups excluding carboxylic acids is 2. The maximum Gasteiger partial charge on any atom is 0.397 e. The predicted octanol–water partition coefficient (Wildman–Crippen LogP) is 2.61. The molecule has 1 unspecified atom stereocenters. The van der Waals surface area contributed by atoms with E-state index >= 15 is 0 Å². The van der Waals surface area contributed by atoms with Crippen LogP contribution in [0.15, 0.2) is 24.3 Å². The Balaban J connectivity index is 1.73. The molecule has 0 radical (unpaired) electrons. The van der Waals surface area contributed by atoms with Gasteiger partial charge in [-0.2, -0.15) is 0 Å². The van der Waals surface area contributed by atoms with Crippen LogP contribution in [0.4, 0.5) is 4.39 Å². The fourth-order valence-electron chi connectivity index (χ4n) is 2.83. The highest BCUT2D eigenvalue weighted by Crippen LogP contribution is 2.33. The lowest BCUT2D eigenvalue weighted by molar-refractivity contribution is -0.160.